The minimum atomic E-state index is 0.0632. The molecule has 0 fully saturated rings. The molecule has 0 spiro atoms. The normalized spacial score (nSPS) is 12.8. The summed E-state index contributed by atoms with van der Waals surface area (Å²) in [6.45, 7) is 4.30. The summed E-state index contributed by atoms with van der Waals surface area (Å²) in [6, 6.07) is 15.2. The second-order valence-electron chi connectivity index (χ2n) is 5.42. The van der Waals surface area contributed by atoms with Crippen LogP contribution in [0.25, 0.3) is 10.1 Å². The van der Waals surface area contributed by atoms with E-state index in [2.05, 4.69) is 61.7 Å². The standard InChI is InChI=1S/C18H19NS/c1-12-7-8-14(9-13(12)2)10-17(19)16-11-20-18-6-4-3-5-15(16)18/h3-9,11,17H,10,19H2,1-2H3. The molecule has 3 aromatic rings. The number of hydrogen-bond acceptors (Lipinski definition) is 2. The van der Waals surface area contributed by atoms with Gasteiger partial charge in [-0.15, -0.1) is 11.3 Å². The number of fused-ring (bicyclic) bond motifs is 1. The summed E-state index contributed by atoms with van der Waals surface area (Å²) in [4.78, 5) is 0. The van der Waals surface area contributed by atoms with Crippen LogP contribution in [0.4, 0.5) is 0 Å². The van der Waals surface area contributed by atoms with Crippen molar-refractivity contribution in [3.05, 3.63) is 70.1 Å². The third-order valence-electron chi connectivity index (χ3n) is 3.94. The molecule has 1 nitrogen and oxygen atoms in total. The Bertz CT molecular complexity index is 742. The minimum Gasteiger partial charge on any atom is -0.324 e. The molecule has 2 aromatic carbocycles. The topological polar surface area (TPSA) is 26.0 Å². The highest BCUT2D eigenvalue weighted by Gasteiger charge is 2.12. The Kier molecular flexibility index (Phi) is 3.60. The van der Waals surface area contributed by atoms with Crippen LogP contribution in [0.2, 0.25) is 0 Å². The van der Waals surface area contributed by atoms with E-state index >= 15 is 0 Å². The Hall–Kier alpha value is -1.64. The van der Waals surface area contributed by atoms with Gasteiger partial charge in [-0.1, -0.05) is 36.4 Å². The number of thiophene rings is 1. The minimum absolute atomic E-state index is 0.0632. The molecule has 1 aromatic heterocycles. The van der Waals surface area contributed by atoms with E-state index in [1.165, 1.54) is 32.3 Å². The molecule has 1 unspecified atom stereocenters. The molecule has 1 heterocycles. The first-order valence-corrected chi connectivity index (χ1v) is 7.81. The van der Waals surface area contributed by atoms with Crippen LogP contribution in [0.1, 0.15) is 28.3 Å². The monoisotopic (exact) mass is 281 g/mol. The molecule has 0 aliphatic rings. The fourth-order valence-electron chi connectivity index (χ4n) is 2.58. The van der Waals surface area contributed by atoms with E-state index in [0.29, 0.717) is 0 Å². The van der Waals surface area contributed by atoms with Gasteiger partial charge < -0.3 is 5.73 Å². The predicted molar refractivity (Wildman–Crippen MR) is 88.4 cm³/mol. The molecule has 0 amide bonds. The number of nitrogens with two attached hydrogens (primary N) is 1. The Morgan fingerprint density at radius 1 is 1.05 bits per heavy atom. The average Bonchev–Trinajstić information content (AvgIpc) is 2.87. The van der Waals surface area contributed by atoms with Crippen molar-refractivity contribution in [1.29, 1.82) is 0 Å². The van der Waals surface area contributed by atoms with E-state index in [9.17, 15) is 0 Å². The first-order chi connectivity index (χ1) is 9.65. The van der Waals surface area contributed by atoms with Crippen LogP contribution in [0, 0.1) is 13.8 Å². The van der Waals surface area contributed by atoms with Gasteiger partial charge in [0.15, 0.2) is 0 Å². The van der Waals surface area contributed by atoms with Crippen molar-refractivity contribution in [2.24, 2.45) is 5.73 Å². The highest BCUT2D eigenvalue weighted by molar-refractivity contribution is 7.17. The third kappa shape index (κ3) is 2.49. The predicted octanol–water partition coefficient (Wildman–Crippen LogP) is 4.76. The first-order valence-electron chi connectivity index (χ1n) is 6.93. The second kappa shape index (κ2) is 5.39. The zero-order valence-electron chi connectivity index (χ0n) is 11.9. The van der Waals surface area contributed by atoms with E-state index in [1.807, 2.05) is 0 Å². The molecule has 20 heavy (non-hydrogen) atoms. The quantitative estimate of drug-likeness (QED) is 0.736. The first kappa shape index (κ1) is 13.3. The van der Waals surface area contributed by atoms with Gasteiger partial charge in [0.1, 0.15) is 0 Å². The average molecular weight is 281 g/mol. The SMILES string of the molecule is Cc1ccc(CC(N)c2csc3ccccc23)cc1C. The van der Waals surface area contributed by atoms with Gasteiger partial charge in [-0.25, -0.2) is 0 Å². The maximum atomic E-state index is 6.43. The molecule has 0 aliphatic carbocycles. The number of rotatable bonds is 3. The summed E-state index contributed by atoms with van der Waals surface area (Å²) < 4.78 is 1.32. The fraction of sp³-hybridized carbons (Fsp3) is 0.222. The Morgan fingerprint density at radius 2 is 1.85 bits per heavy atom. The van der Waals surface area contributed by atoms with Gasteiger partial charge >= 0.3 is 0 Å². The van der Waals surface area contributed by atoms with Gasteiger partial charge in [-0.05, 0) is 59.4 Å². The summed E-state index contributed by atoms with van der Waals surface area (Å²) in [5, 5.41) is 3.50. The van der Waals surface area contributed by atoms with Crippen LogP contribution >= 0.6 is 11.3 Å². The number of aryl methyl sites for hydroxylation is 2. The molecule has 2 heteroatoms. The van der Waals surface area contributed by atoms with E-state index in [1.54, 1.807) is 11.3 Å². The molecular formula is C18H19NS. The van der Waals surface area contributed by atoms with Crippen molar-refractivity contribution in [2.45, 2.75) is 26.3 Å². The molecule has 0 aliphatic heterocycles. The van der Waals surface area contributed by atoms with Crippen molar-refractivity contribution >= 4 is 21.4 Å². The number of benzene rings is 2. The molecule has 0 saturated carbocycles. The van der Waals surface area contributed by atoms with Crippen molar-refractivity contribution in [2.75, 3.05) is 0 Å². The third-order valence-corrected chi connectivity index (χ3v) is 4.92. The van der Waals surface area contributed by atoms with Crippen molar-refractivity contribution in [3.63, 3.8) is 0 Å². The summed E-state index contributed by atoms with van der Waals surface area (Å²) in [7, 11) is 0. The molecule has 1 atom stereocenters. The largest absolute Gasteiger partial charge is 0.324 e. The van der Waals surface area contributed by atoms with Crippen LogP contribution < -0.4 is 5.73 Å². The summed E-state index contributed by atoms with van der Waals surface area (Å²) in [5.74, 6) is 0. The van der Waals surface area contributed by atoms with Crippen molar-refractivity contribution < 1.29 is 0 Å². The Morgan fingerprint density at radius 3 is 2.65 bits per heavy atom. The van der Waals surface area contributed by atoms with Crippen LogP contribution in [-0.2, 0) is 6.42 Å². The Labute approximate surface area is 124 Å². The van der Waals surface area contributed by atoms with Gasteiger partial charge in [-0.2, -0.15) is 0 Å². The van der Waals surface area contributed by atoms with E-state index in [0.717, 1.165) is 6.42 Å². The number of hydrogen-bond donors (Lipinski definition) is 1. The maximum Gasteiger partial charge on any atom is 0.0350 e. The maximum absolute atomic E-state index is 6.43. The fourth-order valence-corrected chi connectivity index (χ4v) is 3.61. The van der Waals surface area contributed by atoms with Crippen LogP contribution in [0.15, 0.2) is 47.8 Å². The molecule has 0 radical (unpaired) electrons. The van der Waals surface area contributed by atoms with E-state index in [-0.39, 0.29) is 6.04 Å². The molecule has 2 N–H and O–H groups in total. The smallest absolute Gasteiger partial charge is 0.0350 e. The van der Waals surface area contributed by atoms with Gasteiger partial charge in [0.2, 0.25) is 0 Å². The van der Waals surface area contributed by atoms with Gasteiger partial charge in [-0.3, -0.25) is 0 Å². The Balaban J connectivity index is 1.89. The zero-order valence-corrected chi connectivity index (χ0v) is 12.7. The van der Waals surface area contributed by atoms with Crippen LogP contribution in [-0.4, -0.2) is 0 Å². The lowest BCUT2D eigenvalue weighted by atomic mass is 9.97. The molecule has 0 bridgehead atoms. The van der Waals surface area contributed by atoms with Gasteiger partial charge in [0, 0.05) is 10.7 Å². The van der Waals surface area contributed by atoms with Gasteiger partial charge in [0.25, 0.3) is 0 Å². The highest BCUT2D eigenvalue weighted by Crippen LogP contribution is 2.30. The van der Waals surface area contributed by atoms with Crippen molar-refractivity contribution in [3.8, 4) is 0 Å². The van der Waals surface area contributed by atoms with E-state index in [4.69, 9.17) is 5.73 Å². The molecule has 3 rings (SSSR count). The molecule has 102 valence electrons. The molecular weight excluding hydrogens is 262 g/mol. The summed E-state index contributed by atoms with van der Waals surface area (Å²) >= 11 is 1.78. The van der Waals surface area contributed by atoms with Gasteiger partial charge in [0.05, 0.1) is 0 Å². The van der Waals surface area contributed by atoms with E-state index < -0.39 is 0 Å². The second-order valence-corrected chi connectivity index (χ2v) is 6.33. The summed E-state index contributed by atoms with van der Waals surface area (Å²) in [5.41, 5.74) is 11.7. The lowest BCUT2D eigenvalue weighted by Gasteiger charge is -2.12. The van der Waals surface area contributed by atoms with Crippen molar-refractivity contribution in [1.82, 2.24) is 0 Å². The molecule has 0 saturated heterocycles. The summed E-state index contributed by atoms with van der Waals surface area (Å²) in [6.07, 6.45) is 0.891. The lowest BCUT2D eigenvalue weighted by Crippen LogP contribution is -2.13. The zero-order chi connectivity index (χ0) is 14.1. The van der Waals surface area contributed by atoms with Crippen LogP contribution in [0.5, 0.6) is 0 Å². The lowest BCUT2D eigenvalue weighted by molar-refractivity contribution is 0.729. The highest BCUT2D eigenvalue weighted by atomic mass is 32.1. The van der Waals surface area contributed by atoms with Crippen LogP contribution in [0.3, 0.4) is 0 Å².